The van der Waals surface area contributed by atoms with Crippen LogP contribution in [0.2, 0.25) is 0 Å². The van der Waals surface area contributed by atoms with E-state index >= 15 is 0 Å². The average Bonchev–Trinajstić information content (AvgIpc) is 3.29. The Bertz CT molecular complexity index is 776. The number of hydrogen-bond donors (Lipinski definition) is 0. The van der Waals surface area contributed by atoms with Crippen LogP contribution in [0.15, 0.2) is 22.7 Å². The van der Waals surface area contributed by atoms with Crippen LogP contribution >= 0.6 is 23.1 Å². The number of nitrogens with zero attached hydrogens (tertiary/aromatic N) is 5. The van der Waals surface area contributed by atoms with Gasteiger partial charge in [0.25, 0.3) is 0 Å². The number of ether oxygens (including phenoxy) is 1. The van der Waals surface area contributed by atoms with Gasteiger partial charge in [-0.3, -0.25) is 9.36 Å². The van der Waals surface area contributed by atoms with Crippen LogP contribution in [0.1, 0.15) is 4.88 Å². The average molecular weight is 435 g/mol. The fourth-order valence-electron chi connectivity index (χ4n) is 2.66. The van der Waals surface area contributed by atoms with E-state index in [-0.39, 0.29) is 22.8 Å². The highest BCUT2D eigenvalue weighted by Crippen LogP contribution is 2.28. The molecule has 154 valence electrons. The molecule has 0 bridgehead atoms. The predicted molar refractivity (Wildman–Crippen MR) is 101 cm³/mol. The molecule has 0 aliphatic carbocycles. The molecular formula is C16H20F3N5O2S2. The minimum atomic E-state index is -4.42. The Labute approximate surface area is 168 Å². The highest BCUT2D eigenvalue weighted by atomic mass is 32.2. The van der Waals surface area contributed by atoms with Crippen molar-refractivity contribution < 1.29 is 22.7 Å². The number of rotatable bonds is 7. The number of anilines is 1. The first-order valence-corrected chi connectivity index (χ1v) is 10.4. The van der Waals surface area contributed by atoms with Gasteiger partial charge < -0.3 is 14.5 Å². The van der Waals surface area contributed by atoms with Crippen molar-refractivity contribution >= 4 is 35.0 Å². The van der Waals surface area contributed by atoms with Gasteiger partial charge in [0, 0.05) is 25.0 Å². The SMILES string of the molecule is CN(Cc1cccs1)C(=O)CSc1nnc(N2CCOCC2)n1CC(F)(F)F. The third-order valence-corrected chi connectivity index (χ3v) is 5.86. The van der Waals surface area contributed by atoms with Gasteiger partial charge in [0.1, 0.15) is 6.54 Å². The van der Waals surface area contributed by atoms with Gasteiger partial charge in [-0.05, 0) is 11.4 Å². The molecule has 1 aliphatic heterocycles. The van der Waals surface area contributed by atoms with Gasteiger partial charge in [-0.1, -0.05) is 17.8 Å². The van der Waals surface area contributed by atoms with E-state index in [4.69, 9.17) is 4.74 Å². The van der Waals surface area contributed by atoms with Crippen molar-refractivity contribution in [1.82, 2.24) is 19.7 Å². The first-order chi connectivity index (χ1) is 13.3. The second-order valence-electron chi connectivity index (χ2n) is 6.20. The topological polar surface area (TPSA) is 63.5 Å². The standard InChI is InChI=1S/C16H20F3N5O2S2/c1-22(9-12-3-2-8-27-12)13(25)10-28-15-21-20-14(23-4-6-26-7-5-23)24(15)11-16(17,18)19/h2-3,8H,4-7,9-11H2,1H3. The van der Waals surface area contributed by atoms with Crippen molar-refractivity contribution in [3.8, 4) is 0 Å². The molecule has 7 nitrogen and oxygen atoms in total. The van der Waals surface area contributed by atoms with E-state index < -0.39 is 12.7 Å². The Morgan fingerprint density at radius 1 is 1.36 bits per heavy atom. The molecule has 2 aromatic heterocycles. The summed E-state index contributed by atoms with van der Waals surface area (Å²) in [7, 11) is 1.67. The highest BCUT2D eigenvalue weighted by molar-refractivity contribution is 7.99. The predicted octanol–water partition coefficient (Wildman–Crippen LogP) is 2.49. The van der Waals surface area contributed by atoms with Gasteiger partial charge in [0.2, 0.25) is 11.9 Å². The molecule has 28 heavy (non-hydrogen) atoms. The lowest BCUT2D eigenvalue weighted by Crippen LogP contribution is -2.38. The molecule has 1 amide bonds. The fourth-order valence-corrected chi connectivity index (χ4v) is 4.29. The molecule has 3 heterocycles. The molecule has 12 heteroatoms. The van der Waals surface area contributed by atoms with Crippen LogP contribution in [-0.2, 0) is 22.6 Å². The number of morpholine rings is 1. The van der Waals surface area contributed by atoms with E-state index in [0.717, 1.165) is 21.2 Å². The van der Waals surface area contributed by atoms with E-state index in [2.05, 4.69) is 10.2 Å². The zero-order chi connectivity index (χ0) is 20.1. The van der Waals surface area contributed by atoms with Gasteiger partial charge in [0.05, 0.1) is 25.5 Å². The van der Waals surface area contributed by atoms with Crippen molar-refractivity contribution in [2.45, 2.75) is 24.4 Å². The summed E-state index contributed by atoms with van der Waals surface area (Å²) >= 11 is 2.51. The smallest absolute Gasteiger partial charge is 0.378 e. The molecule has 0 spiro atoms. The normalized spacial score (nSPS) is 15.1. The van der Waals surface area contributed by atoms with Crippen LogP contribution in [0.4, 0.5) is 19.1 Å². The zero-order valence-electron chi connectivity index (χ0n) is 15.2. The minimum absolute atomic E-state index is 0.0129. The first-order valence-electron chi connectivity index (χ1n) is 8.55. The lowest BCUT2D eigenvalue weighted by molar-refractivity contribution is -0.141. The maximum atomic E-state index is 13.1. The Morgan fingerprint density at radius 2 is 2.11 bits per heavy atom. The molecule has 1 fully saturated rings. The number of aromatic nitrogens is 3. The maximum Gasteiger partial charge on any atom is 0.406 e. The van der Waals surface area contributed by atoms with Crippen LogP contribution in [0.25, 0.3) is 0 Å². The van der Waals surface area contributed by atoms with Gasteiger partial charge >= 0.3 is 6.18 Å². The molecule has 0 saturated carbocycles. The number of thioether (sulfide) groups is 1. The molecule has 0 aromatic carbocycles. The van der Waals surface area contributed by atoms with Crippen LogP contribution in [0, 0.1) is 0 Å². The Hall–Kier alpha value is -1.79. The molecule has 0 radical (unpaired) electrons. The van der Waals surface area contributed by atoms with Crippen LogP contribution < -0.4 is 4.90 Å². The van der Waals surface area contributed by atoms with Gasteiger partial charge in [-0.2, -0.15) is 13.2 Å². The summed E-state index contributed by atoms with van der Waals surface area (Å²) in [6, 6.07) is 3.83. The van der Waals surface area contributed by atoms with Gasteiger partial charge in [-0.15, -0.1) is 21.5 Å². The molecule has 1 saturated heterocycles. The lowest BCUT2D eigenvalue weighted by Gasteiger charge is -2.28. The van der Waals surface area contributed by atoms with E-state index in [9.17, 15) is 18.0 Å². The second-order valence-corrected chi connectivity index (χ2v) is 8.18. The van der Waals surface area contributed by atoms with Crippen molar-refractivity contribution in [3.63, 3.8) is 0 Å². The summed E-state index contributed by atoms with van der Waals surface area (Å²) in [6.45, 7) is 1.01. The Balaban J connectivity index is 1.68. The molecule has 0 atom stereocenters. The minimum Gasteiger partial charge on any atom is -0.378 e. The molecule has 1 aliphatic rings. The number of alkyl halides is 3. The summed E-state index contributed by atoms with van der Waals surface area (Å²) in [4.78, 5) is 16.7. The van der Waals surface area contributed by atoms with Crippen LogP contribution in [0.3, 0.4) is 0 Å². The number of halogens is 3. The van der Waals surface area contributed by atoms with Crippen molar-refractivity contribution in [3.05, 3.63) is 22.4 Å². The summed E-state index contributed by atoms with van der Waals surface area (Å²) < 4.78 is 45.5. The Kier molecular flexibility index (Phi) is 6.83. The third kappa shape index (κ3) is 5.61. The molecule has 0 unspecified atom stereocenters. The monoisotopic (exact) mass is 435 g/mol. The third-order valence-electron chi connectivity index (χ3n) is 4.05. The Morgan fingerprint density at radius 3 is 2.75 bits per heavy atom. The molecule has 3 rings (SSSR count). The molecule has 2 aromatic rings. The molecular weight excluding hydrogens is 415 g/mol. The largest absolute Gasteiger partial charge is 0.406 e. The zero-order valence-corrected chi connectivity index (χ0v) is 16.8. The quantitative estimate of drug-likeness (QED) is 0.623. The number of carbonyl (C=O) groups is 1. The first kappa shape index (κ1) is 20.9. The number of carbonyl (C=O) groups excluding carboxylic acids is 1. The number of amides is 1. The van der Waals surface area contributed by atoms with E-state index in [0.29, 0.717) is 32.8 Å². The maximum absolute atomic E-state index is 13.1. The van der Waals surface area contributed by atoms with Crippen molar-refractivity contribution in [2.75, 3.05) is 44.0 Å². The summed E-state index contributed by atoms with van der Waals surface area (Å²) in [5.74, 6) is -0.0450. The van der Waals surface area contributed by atoms with Crippen molar-refractivity contribution in [1.29, 1.82) is 0 Å². The fraction of sp³-hybridized carbons (Fsp3) is 0.562. The van der Waals surface area contributed by atoms with Crippen molar-refractivity contribution in [2.24, 2.45) is 0 Å². The lowest BCUT2D eigenvalue weighted by atomic mass is 10.4. The van der Waals surface area contributed by atoms with Crippen LogP contribution in [-0.4, -0.2) is 70.9 Å². The second kappa shape index (κ2) is 9.14. The van der Waals surface area contributed by atoms with E-state index in [1.54, 1.807) is 28.2 Å². The summed E-state index contributed by atoms with van der Waals surface area (Å²) in [5.41, 5.74) is 0. The van der Waals surface area contributed by atoms with Crippen LogP contribution in [0.5, 0.6) is 0 Å². The number of thiophene rings is 1. The summed E-state index contributed by atoms with van der Waals surface area (Å²) in [5, 5.41) is 9.86. The molecule has 0 N–H and O–H groups in total. The highest BCUT2D eigenvalue weighted by Gasteiger charge is 2.33. The van der Waals surface area contributed by atoms with E-state index in [1.165, 1.54) is 0 Å². The van der Waals surface area contributed by atoms with Gasteiger partial charge in [0.15, 0.2) is 5.16 Å². The summed E-state index contributed by atoms with van der Waals surface area (Å²) in [6.07, 6.45) is -4.42. The van der Waals surface area contributed by atoms with E-state index in [1.807, 2.05) is 17.5 Å². The number of hydrogen-bond acceptors (Lipinski definition) is 7. The van der Waals surface area contributed by atoms with Gasteiger partial charge in [-0.25, -0.2) is 0 Å².